The monoisotopic (exact) mass is 258 g/mol. The van der Waals surface area contributed by atoms with Crippen LogP contribution in [-0.4, -0.2) is 13.1 Å². The average Bonchev–Trinajstić information content (AvgIpc) is 3.29. The van der Waals surface area contributed by atoms with Crippen LogP contribution in [0.5, 0.6) is 0 Å². The molecule has 3 rings (SSSR count). The zero-order chi connectivity index (χ0) is 13.3. The number of hydrogen-bond acceptors (Lipinski definition) is 2. The molecular formula is C17H26N2. The fourth-order valence-electron chi connectivity index (χ4n) is 3.19. The van der Waals surface area contributed by atoms with E-state index in [0.29, 0.717) is 0 Å². The number of rotatable bonds is 7. The van der Waals surface area contributed by atoms with Crippen LogP contribution < -0.4 is 11.1 Å². The van der Waals surface area contributed by atoms with Gasteiger partial charge in [-0.15, -0.1) is 0 Å². The van der Waals surface area contributed by atoms with Gasteiger partial charge in [0.05, 0.1) is 5.54 Å². The Morgan fingerprint density at radius 1 is 1.16 bits per heavy atom. The van der Waals surface area contributed by atoms with Gasteiger partial charge in [0, 0.05) is 6.54 Å². The Hall–Kier alpha value is -0.860. The van der Waals surface area contributed by atoms with Crippen molar-refractivity contribution in [3.8, 4) is 0 Å². The fraction of sp³-hybridized carbons (Fsp3) is 0.647. The van der Waals surface area contributed by atoms with Gasteiger partial charge in [0.25, 0.3) is 0 Å². The van der Waals surface area contributed by atoms with E-state index in [-0.39, 0.29) is 5.54 Å². The van der Waals surface area contributed by atoms with Crippen molar-refractivity contribution in [3.05, 3.63) is 35.9 Å². The van der Waals surface area contributed by atoms with Gasteiger partial charge >= 0.3 is 0 Å². The molecule has 1 aromatic carbocycles. The Bertz CT molecular complexity index is 393. The first kappa shape index (κ1) is 13.1. The molecule has 2 aliphatic carbocycles. The maximum atomic E-state index is 6.45. The van der Waals surface area contributed by atoms with Crippen LogP contribution in [-0.2, 0) is 5.54 Å². The highest BCUT2D eigenvalue weighted by molar-refractivity contribution is 5.23. The molecule has 1 unspecified atom stereocenters. The minimum Gasteiger partial charge on any atom is -0.321 e. The summed E-state index contributed by atoms with van der Waals surface area (Å²) in [5, 5.41) is 3.64. The molecule has 19 heavy (non-hydrogen) atoms. The van der Waals surface area contributed by atoms with Crippen molar-refractivity contribution in [1.29, 1.82) is 0 Å². The lowest BCUT2D eigenvalue weighted by Gasteiger charge is -2.27. The molecule has 0 aliphatic heterocycles. The van der Waals surface area contributed by atoms with E-state index in [2.05, 4.69) is 36.5 Å². The summed E-state index contributed by atoms with van der Waals surface area (Å²) in [5.74, 6) is 2.95. The van der Waals surface area contributed by atoms with E-state index in [1.54, 1.807) is 0 Å². The highest BCUT2D eigenvalue weighted by atomic mass is 14.9. The molecule has 2 saturated carbocycles. The maximum absolute atomic E-state index is 6.45. The summed E-state index contributed by atoms with van der Waals surface area (Å²) in [6.07, 6.45) is 5.84. The molecule has 2 fully saturated rings. The highest BCUT2D eigenvalue weighted by Crippen LogP contribution is 2.48. The van der Waals surface area contributed by atoms with Gasteiger partial charge in [-0.2, -0.15) is 0 Å². The van der Waals surface area contributed by atoms with Gasteiger partial charge in [0.2, 0.25) is 0 Å². The Kier molecular flexibility index (Phi) is 3.64. The predicted octanol–water partition coefficient (Wildman–Crippen LogP) is 2.89. The molecule has 104 valence electrons. The summed E-state index contributed by atoms with van der Waals surface area (Å²) in [4.78, 5) is 0. The van der Waals surface area contributed by atoms with Gasteiger partial charge in [-0.05, 0) is 62.5 Å². The maximum Gasteiger partial charge on any atom is 0.0507 e. The topological polar surface area (TPSA) is 38.0 Å². The van der Waals surface area contributed by atoms with Crippen LogP contribution in [0.3, 0.4) is 0 Å². The second-order valence-corrected chi connectivity index (χ2v) is 6.75. The third-order valence-electron chi connectivity index (χ3n) is 4.76. The molecule has 0 radical (unpaired) electrons. The molecule has 1 atom stereocenters. The lowest BCUT2D eigenvalue weighted by molar-refractivity contribution is 0.351. The van der Waals surface area contributed by atoms with Crippen molar-refractivity contribution in [3.63, 3.8) is 0 Å². The summed E-state index contributed by atoms with van der Waals surface area (Å²) in [5.41, 5.74) is 7.40. The number of nitrogens with two attached hydrogens (primary N) is 1. The zero-order valence-electron chi connectivity index (χ0n) is 11.9. The lowest BCUT2D eigenvalue weighted by Crippen LogP contribution is -2.44. The second-order valence-electron chi connectivity index (χ2n) is 6.75. The predicted molar refractivity (Wildman–Crippen MR) is 79.8 cm³/mol. The molecule has 2 nitrogen and oxygen atoms in total. The van der Waals surface area contributed by atoms with Crippen molar-refractivity contribution < 1.29 is 0 Å². The molecule has 0 bridgehead atoms. The normalized spacial score (nSPS) is 22.5. The first-order valence-corrected chi connectivity index (χ1v) is 7.72. The third kappa shape index (κ3) is 3.37. The number of nitrogens with one attached hydrogen (secondary N) is 1. The summed E-state index contributed by atoms with van der Waals surface area (Å²) in [7, 11) is 0. The number of benzene rings is 1. The zero-order valence-corrected chi connectivity index (χ0v) is 11.9. The van der Waals surface area contributed by atoms with Crippen molar-refractivity contribution in [2.75, 3.05) is 13.1 Å². The largest absolute Gasteiger partial charge is 0.321 e. The van der Waals surface area contributed by atoms with Gasteiger partial charge in [-0.25, -0.2) is 0 Å². The van der Waals surface area contributed by atoms with E-state index < -0.39 is 0 Å². The molecule has 0 spiro atoms. The Labute approximate surface area is 116 Å². The quantitative estimate of drug-likeness (QED) is 0.789. The van der Waals surface area contributed by atoms with Crippen LogP contribution in [0.4, 0.5) is 0 Å². The average molecular weight is 258 g/mol. The third-order valence-corrected chi connectivity index (χ3v) is 4.76. The van der Waals surface area contributed by atoms with Crippen LogP contribution in [0, 0.1) is 17.8 Å². The summed E-state index contributed by atoms with van der Waals surface area (Å²) in [6, 6.07) is 10.4. The second kappa shape index (κ2) is 5.26. The van der Waals surface area contributed by atoms with E-state index >= 15 is 0 Å². The first-order valence-electron chi connectivity index (χ1n) is 7.72. The Balaban J connectivity index is 1.50. The molecule has 3 N–H and O–H groups in total. The van der Waals surface area contributed by atoms with E-state index in [9.17, 15) is 0 Å². The lowest BCUT2D eigenvalue weighted by atomic mass is 9.92. The highest BCUT2D eigenvalue weighted by Gasteiger charge is 2.41. The fourth-order valence-corrected chi connectivity index (χ4v) is 3.19. The molecule has 1 aromatic rings. The minimum absolute atomic E-state index is 0.265. The summed E-state index contributed by atoms with van der Waals surface area (Å²) < 4.78 is 0. The van der Waals surface area contributed by atoms with Crippen molar-refractivity contribution in [2.45, 2.75) is 38.1 Å². The number of hydrogen-bond donors (Lipinski definition) is 2. The van der Waals surface area contributed by atoms with E-state index in [4.69, 9.17) is 5.73 Å². The molecular weight excluding hydrogens is 232 g/mol. The van der Waals surface area contributed by atoms with Crippen LogP contribution in [0.15, 0.2) is 30.3 Å². The van der Waals surface area contributed by atoms with Gasteiger partial charge in [-0.1, -0.05) is 30.3 Å². The molecule has 2 heteroatoms. The van der Waals surface area contributed by atoms with Gasteiger partial charge in [0.1, 0.15) is 0 Å². The van der Waals surface area contributed by atoms with Crippen LogP contribution in [0.25, 0.3) is 0 Å². The van der Waals surface area contributed by atoms with E-state index in [0.717, 1.165) is 30.8 Å². The van der Waals surface area contributed by atoms with E-state index in [1.165, 1.54) is 31.2 Å². The first-order chi connectivity index (χ1) is 9.17. The van der Waals surface area contributed by atoms with E-state index in [1.807, 2.05) is 6.07 Å². The molecule has 0 amide bonds. The Morgan fingerprint density at radius 3 is 2.26 bits per heavy atom. The SMILES string of the molecule is CC(N)(CNCC(C1CC1)C1CC1)c1ccccc1. The summed E-state index contributed by atoms with van der Waals surface area (Å²) in [6.45, 7) is 4.15. The standard InChI is InChI=1S/C17H26N2/c1-17(18,15-5-3-2-4-6-15)12-19-11-16(13-7-8-13)14-9-10-14/h2-6,13-14,16,19H,7-12,18H2,1H3. The Morgan fingerprint density at radius 2 is 1.74 bits per heavy atom. The van der Waals surface area contributed by atoms with Gasteiger partial charge < -0.3 is 11.1 Å². The summed E-state index contributed by atoms with van der Waals surface area (Å²) >= 11 is 0. The molecule has 0 heterocycles. The van der Waals surface area contributed by atoms with Crippen molar-refractivity contribution >= 4 is 0 Å². The molecule has 2 aliphatic rings. The van der Waals surface area contributed by atoms with Crippen LogP contribution >= 0.6 is 0 Å². The van der Waals surface area contributed by atoms with Gasteiger partial charge in [0.15, 0.2) is 0 Å². The van der Waals surface area contributed by atoms with Crippen molar-refractivity contribution in [2.24, 2.45) is 23.5 Å². The van der Waals surface area contributed by atoms with Crippen molar-refractivity contribution in [1.82, 2.24) is 5.32 Å². The van der Waals surface area contributed by atoms with Crippen LogP contribution in [0.2, 0.25) is 0 Å². The van der Waals surface area contributed by atoms with Gasteiger partial charge in [-0.3, -0.25) is 0 Å². The molecule has 0 aromatic heterocycles. The minimum atomic E-state index is -0.265. The van der Waals surface area contributed by atoms with Crippen LogP contribution in [0.1, 0.15) is 38.2 Å². The molecule has 0 saturated heterocycles. The smallest absolute Gasteiger partial charge is 0.0507 e.